The zero-order valence-corrected chi connectivity index (χ0v) is 14.2. The molecule has 0 amide bonds. The lowest BCUT2D eigenvalue weighted by Crippen LogP contribution is -2.10. The largest absolute Gasteiger partial charge is 0.423 e. The minimum Gasteiger partial charge on any atom is -0.423 e. The van der Waals surface area contributed by atoms with Crippen molar-refractivity contribution in [3.63, 3.8) is 0 Å². The standard InChI is InChI=1S/C17H17F5O2S/c1-2-3-5-13-8-10-14(11-9-13)17(23)24-15-6-4-7-16(12-15)25(18,19,20,21)22/h4,6-12H,2-3,5H2,1H3. The van der Waals surface area contributed by atoms with Crippen LogP contribution in [-0.4, -0.2) is 5.97 Å². The van der Waals surface area contributed by atoms with Crippen LogP contribution in [0.5, 0.6) is 5.75 Å². The summed E-state index contributed by atoms with van der Waals surface area (Å²) in [6, 6.07) is 8.58. The first-order valence-electron chi connectivity index (χ1n) is 7.54. The van der Waals surface area contributed by atoms with Crippen LogP contribution in [0.1, 0.15) is 35.7 Å². The highest BCUT2D eigenvalue weighted by Crippen LogP contribution is 3.02. The summed E-state index contributed by atoms with van der Waals surface area (Å²) in [6.07, 6.45) is 2.86. The van der Waals surface area contributed by atoms with Crippen LogP contribution in [0.2, 0.25) is 0 Å². The Morgan fingerprint density at radius 3 is 2.20 bits per heavy atom. The molecule has 0 aliphatic rings. The van der Waals surface area contributed by atoms with Gasteiger partial charge in [0.05, 0.1) is 5.56 Å². The van der Waals surface area contributed by atoms with Gasteiger partial charge < -0.3 is 4.74 Å². The number of hydrogen-bond donors (Lipinski definition) is 0. The molecular formula is C17H17F5O2S. The molecule has 0 radical (unpaired) electrons. The number of carbonyl (C=O) groups is 1. The molecule has 0 bridgehead atoms. The number of benzene rings is 2. The highest BCUT2D eigenvalue weighted by Gasteiger charge is 2.65. The fraction of sp³-hybridized carbons (Fsp3) is 0.235. The Hall–Kier alpha value is -2.09. The molecule has 0 spiro atoms. The number of unbranched alkanes of at least 4 members (excludes halogenated alkanes) is 1. The van der Waals surface area contributed by atoms with Gasteiger partial charge in [0.1, 0.15) is 10.6 Å². The van der Waals surface area contributed by atoms with Gasteiger partial charge in [0.25, 0.3) is 0 Å². The first-order chi connectivity index (χ1) is 11.4. The Bertz CT molecular complexity index is 770. The van der Waals surface area contributed by atoms with Crippen molar-refractivity contribution in [1.82, 2.24) is 0 Å². The smallest absolute Gasteiger partial charge is 0.343 e. The van der Waals surface area contributed by atoms with E-state index in [1.165, 1.54) is 12.1 Å². The zero-order chi connectivity index (χ0) is 18.8. The summed E-state index contributed by atoms with van der Waals surface area (Å²) >= 11 is 0. The number of halogens is 5. The van der Waals surface area contributed by atoms with Gasteiger partial charge in [0.15, 0.2) is 0 Å². The van der Waals surface area contributed by atoms with E-state index in [0.29, 0.717) is 0 Å². The fourth-order valence-electron chi connectivity index (χ4n) is 2.13. The Labute approximate surface area is 142 Å². The van der Waals surface area contributed by atoms with E-state index < -0.39 is 26.8 Å². The number of ether oxygens (including phenoxy) is 1. The van der Waals surface area contributed by atoms with Gasteiger partial charge in [-0.25, -0.2) is 4.79 Å². The van der Waals surface area contributed by atoms with Crippen LogP contribution >= 0.6 is 10.2 Å². The molecular weight excluding hydrogens is 363 g/mol. The lowest BCUT2D eigenvalue weighted by atomic mass is 10.1. The lowest BCUT2D eigenvalue weighted by molar-refractivity contribution is 0.0734. The lowest BCUT2D eigenvalue weighted by Gasteiger charge is -2.40. The van der Waals surface area contributed by atoms with Gasteiger partial charge in [0, 0.05) is 6.07 Å². The van der Waals surface area contributed by atoms with Crippen molar-refractivity contribution in [2.45, 2.75) is 31.1 Å². The van der Waals surface area contributed by atoms with Gasteiger partial charge in [0.2, 0.25) is 0 Å². The Morgan fingerprint density at radius 2 is 1.64 bits per heavy atom. The molecule has 0 unspecified atom stereocenters. The van der Waals surface area contributed by atoms with Gasteiger partial charge in [-0.2, -0.15) is 0 Å². The predicted octanol–water partition coefficient (Wildman–Crippen LogP) is 6.91. The molecule has 0 saturated carbocycles. The van der Waals surface area contributed by atoms with Crippen molar-refractivity contribution in [3.8, 4) is 5.75 Å². The highest BCUT2D eigenvalue weighted by molar-refractivity contribution is 8.45. The number of esters is 1. The minimum atomic E-state index is -9.82. The Balaban J connectivity index is 2.16. The van der Waals surface area contributed by atoms with E-state index >= 15 is 0 Å². The number of rotatable bonds is 6. The number of aryl methyl sites for hydroxylation is 1. The molecule has 0 heterocycles. The van der Waals surface area contributed by atoms with Crippen LogP contribution in [0.15, 0.2) is 53.4 Å². The summed E-state index contributed by atoms with van der Waals surface area (Å²) in [5.74, 6) is -1.51. The van der Waals surface area contributed by atoms with Crippen molar-refractivity contribution in [2.75, 3.05) is 0 Å². The maximum Gasteiger partial charge on any atom is 0.343 e. The second kappa shape index (κ2) is 6.01. The molecule has 25 heavy (non-hydrogen) atoms. The molecule has 0 aromatic heterocycles. The van der Waals surface area contributed by atoms with E-state index in [2.05, 4.69) is 0 Å². The third-order valence-corrected chi connectivity index (χ3v) is 4.61. The van der Waals surface area contributed by atoms with Gasteiger partial charge in [-0.3, -0.25) is 0 Å². The first-order valence-corrected chi connectivity index (χ1v) is 9.49. The van der Waals surface area contributed by atoms with Gasteiger partial charge >= 0.3 is 16.2 Å². The van der Waals surface area contributed by atoms with Gasteiger partial charge in [-0.1, -0.05) is 51.0 Å². The van der Waals surface area contributed by atoms with E-state index in [4.69, 9.17) is 4.74 Å². The molecule has 0 atom stereocenters. The maximum absolute atomic E-state index is 12.8. The normalized spacial score (nSPS) is 14.5. The third-order valence-electron chi connectivity index (χ3n) is 3.47. The molecule has 2 rings (SSSR count). The highest BCUT2D eigenvalue weighted by atomic mass is 32.5. The summed E-state index contributed by atoms with van der Waals surface area (Å²) in [4.78, 5) is 9.88. The van der Waals surface area contributed by atoms with Crippen LogP contribution in [0.4, 0.5) is 19.4 Å². The van der Waals surface area contributed by atoms with Crippen molar-refractivity contribution < 1.29 is 29.0 Å². The Morgan fingerprint density at radius 1 is 1.00 bits per heavy atom. The van der Waals surface area contributed by atoms with E-state index in [9.17, 15) is 24.2 Å². The van der Waals surface area contributed by atoms with Crippen molar-refractivity contribution >= 4 is 16.2 Å². The number of hydrogen-bond acceptors (Lipinski definition) is 2. The molecule has 2 aromatic rings. The second-order valence-corrected chi connectivity index (χ2v) is 8.04. The fourth-order valence-corrected chi connectivity index (χ4v) is 2.81. The summed E-state index contributed by atoms with van der Waals surface area (Å²) < 4.78 is 68.8. The summed E-state index contributed by atoms with van der Waals surface area (Å²) in [5.41, 5.74) is 1.14. The molecule has 8 heteroatoms. The molecule has 0 N–H and O–H groups in total. The van der Waals surface area contributed by atoms with Crippen LogP contribution < -0.4 is 4.74 Å². The molecule has 0 aliphatic carbocycles. The van der Waals surface area contributed by atoms with Crippen LogP contribution in [0, 0.1) is 0 Å². The summed E-state index contributed by atoms with van der Waals surface area (Å²) in [5, 5.41) is 0. The monoisotopic (exact) mass is 380 g/mol. The molecule has 0 fully saturated rings. The molecule has 138 valence electrons. The van der Waals surface area contributed by atoms with E-state index in [1.807, 2.05) is 6.92 Å². The van der Waals surface area contributed by atoms with E-state index in [1.54, 1.807) is 12.1 Å². The van der Waals surface area contributed by atoms with Crippen molar-refractivity contribution in [1.29, 1.82) is 0 Å². The van der Waals surface area contributed by atoms with Gasteiger partial charge in [-0.15, -0.1) is 0 Å². The minimum absolute atomic E-state index is 0.123. The summed E-state index contributed by atoms with van der Waals surface area (Å²) in [6.45, 7) is 2.05. The average molecular weight is 380 g/mol. The van der Waals surface area contributed by atoms with E-state index in [-0.39, 0.29) is 17.7 Å². The molecule has 2 aromatic carbocycles. The van der Waals surface area contributed by atoms with Crippen LogP contribution in [0.3, 0.4) is 0 Å². The SMILES string of the molecule is CCCCc1ccc(C(=O)Oc2cccc(S(F)(F)(F)(F)F)c2)cc1. The van der Waals surface area contributed by atoms with Crippen LogP contribution in [-0.2, 0) is 6.42 Å². The third kappa shape index (κ3) is 5.45. The van der Waals surface area contributed by atoms with Gasteiger partial charge in [-0.05, 0) is 42.7 Å². The first kappa shape index (κ1) is 19.2. The topological polar surface area (TPSA) is 26.3 Å². The average Bonchev–Trinajstić information content (AvgIpc) is 2.51. The van der Waals surface area contributed by atoms with E-state index in [0.717, 1.165) is 37.0 Å². The molecule has 0 aliphatic heterocycles. The van der Waals surface area contributed by atoms with Crippen molar-refractivity contribution in [2.24, 2.45) is 0 Å². The maximum atomic E-state index is 12.8. The second-order valence-electron chi connectivity index (χ2n) is 5.63. The quantitative estimate of drug-likeness (QED) is 0.309. The van der Waals surface area contributed by atoms with Crippen LogP contribution in [0.25, 0.3) is 0 Å². The predicted molar refractivity (Wildman–Crippen MR) is 87.9 cm³/mol. The summed E-state index contributed by atoms with van der Waals surface area (Å²) in [7, 11) is -9.82. The number of carbonyl (C=O) groups excluding carboxylic acids is 1. The van der Waals surface area contributed by atoms with Crippen molar-refractivity contribution in [3.05, 3.63) is 59.7 Å². The molecule has 0 saturated heterocycles. The zero-order valence-electron chi connectivity index (χ0n) is 13.4. The molecule has 2 nitrogen and oxygen atoms in total. The Kier molecular flexibility index (Phi) is 4.63.